The molecule has 4 nitrogen and oxygen atoms in total. The molecule has 0 bridgehead atoms. The Morgan fingerprint density at radius 1 is 1.03 bits per heavy atom. The lowest BCUT2D eigenvalue weighted by atomic mass is 10.2. The van der Waals surface area contributed by atoms with E-state index in [4.69, 9.17) is 0 Å². The second-order valence-electron chi connectivity index (χ2n) is 6.98. The topological polar surface area (TPSA) is 36.4 Å². The van der Waals surface area contributed by atoms with E-state index in [1.165, 1.54) is 12.1 Å². The maximum absolute atomic E-state index is 13.1. The van der Waals surface area contributed by atoms with E-state index in [1.807, 2.05) is 46.7 Å². The summed E-state index contributed by atoms with van der Waals surface area (Å²) in [5, 5.41) is 3.05. The number of hydrogen-bond donors (Lipinski definition) is 0. The van der Waals surface area contributed by atoms with Crippen LogP contribution >= 0.6 is 11.3 Å². The molecule has 3 aromatic rings. The zero-order chi connectivity index (χ0) is 20.1. The normalized spacial score (nSPS) is 15.1. The van der Waals surface area contributed by atoms with Gasteiger partial charge in [0.15, 0.2) is 0 Å². The van der Waals surface area contributed by atoms with Crippen LogP contribution in [-0.2, 0) is 11.3 Å². The fraction of sp³-hybridized carbons (Fsp3) is 0.217. The molecule has 148 valence electrons. The molecule has 1 aromatic heterocycles. The van der Waals surface area contributed by atoms with E-state index in [9.17, 15) is 9.18 Å². The van der Waals surface area contributed by atoms with Crippen LogP contribution in [0.4, 0.5) is 4.39 Å². The van der Waals surface area contributed by atoms with E-state index in [0.29, 0.717) is 13.1 Å². The van der Waals surface area contributed by atoms with Crippen LogP contribution < -0.4 is 0 Å². The van der Waals surface area contributed by atoms with Crippen LogP contribution in [0.2, 0.25) is 0 Å². The summed E-state index contributed by atoms with van der Waals surface area (Å²) in [6.45, 7) is 3.86. The van der Waals surface area contributed by atoms with Gasteiger partial charge in [-0.25, -0.2) is 9.37 Å². The van der Waals surface area contributed by atoms with Gasteiger partial charge in [0, 0.05) is 43.2 Å². The molecule has 0 aliphatic carbocycles. The third-order valence-electron chi connectivity index (χ3n) is 4.95. The molecule has 6 heteroatoms. The summed E-state index contributed by atoms with van der Waals surface area (Å²) in [6.07, 6.45) is 3.52. The molecule has 29 heavy (non-hydrogen) atoms. The molecule has 4 rings (SSSR count). The number of aromatic nitrogens is 1. The Morgan fingerprint density at radius 3 is 2.48 bits per heavy atom. The number of hydrogen-bond acceptors (Lipinski definition) is 4. The van der Waals surface area contributed by atoms with Gasteiger partial charge in [0.1, 0.15) is 10.8 Å². The monoisotopic (exact) mass is 407 g/mol. The maximum atomic E-state index is 13.1. The summed E-state index contributed by atoms with van der Waals surface area (Å²) in [5.41, 5.74) is 2.83. The Kier molecular flexibility index (Phi) is 6.12. The van der Waals surface area contributed by atoms with Crippen LogP contribution in [0.25, 0.3) is 17.3 Å². The average Bonchev–Trinajstić information content (AvgIpc) is 3.22. The van der Waals surface area contributed by atoms with Gasteiger partial charge in [0.2, 0.25) is 5.91 Å². The summed E-state index contributed by atoms with van der Waals surface area (Å²) in [4.78, 5) is 21.3. The van der Waals surface area contributed by atoms with Crippen molar-refractivity contribution in [1.29, 1.82) is 0 Å². The van der Waals surface area contributed by atoms with Gasteiger partial charge in [0.25, 0.3) is 0 Å². The number of nitrogens with zero attached hydrogens (tertiary/aromatic N) is 3. The molecule has 2 aromatic carbocycles. The molecule has 0 saturated carbocycles. The molecular formula is C23H22FN3OS. The quantitative estimate of drug-likeness (QED) is 0.592. The fourth-order valence-electron chi connectivity index (χ4n) is 3.29. The van der Waals surface area contributed by atoms with Gasteiger partial charge < -0.3 is 4.90 Å². The fourth-order valence-corrected chi connectivity index (χ4v) is 4.14. The number of amides is 1. The minimum absolute atomic E-state index is 0.0568. The van der Waals surface area contributed by atoms with Crippen LogP contribution in [0.3, 0.4) is 0 Å². The highest BCUT2D eigenvalue weighted by atomic mass is 32.1. The minimum atomic E-state index is -0.241. The van der Waals surface area contributed by atoms with Gasteiger partial charge in [-0.1, -0.05) is 30.3 Å². The number of benzene rings is 2. The summed E-state index contributed by atoms with van der Waals surface area (Å²) < 4.78 is 13.1. The molecule has 0 radical (unpaired) electrons. The van der Waals surface area contributed by atoms with Gasteiger partial charge in [-0.05, 0) is 35.9 Å². The standard InChI is InChI=1S/C23H22FN3OS/c24-20-9-7-19(8-10-20)21-17-29-22(25-21)16-26-12-14-27(15-13-26)23(28)11-6-18-4-2-1-3-5-18/h1-11,17H,12-16H2. The van der Waals surface area contributed by atoms with Crippen molar-refractivity contribution in [2.45, 2.75) is 6.54 Å². The van der Waals surface area contributed by atoms with Gasteiger partial charge in [-0.15, -0.1) is 11.3 Å². The highest BCUT2D eigenvalue weighted by Crippen LogP contribution is 2.23. The van der Waals surface area contributed by atoms with Crippen molar-refractivity contribution in [3.05, 3.63) is 82.4 Å². The molecule has 2 heterocycles. The largest absolute Gasteiger partial charge is 0.337 e. The summed E-state index contributed by atoms with van der Waals surface area (Å²) in [7, 11) is 0. The van der Waals surface area contributed by atoms with Crippen molar-refractivity contribution < 1.29 is 9.18 Å². The second-order valence-corrected chi connectivity index (χ2v) is 7.92. The average molecular weight is 408 g/mol. The van der Waals surface area contributed by atoms with E-state index in [0.717, 1.165) is 41.5 Å². The lowest BCUT2D eigenvalue weighted by Gasteiger charge is -2.33. The third-order valence-corrected chi connectivity index (χ3v) is 5.79. The molecule has 0 N–H and O–H groups in total. The van der Waals surface area contributed by atoms with Crippen LogP contribution in [-0.4, -0.2) is 46.9 Å². The first-order chi connectivity index (χ1) is 14.2. The molecule has 1 fully saturated rings. The van der Waals surface area contributed by atoms with Crippen molar-refractivity contribution in [2.75, 3.05) is 26.2 Å². The molecule has 1 saturated heterocycles. The number of rotatable bonds is 5. The van der Waals surface area contributed by atoms with Gasteiger partial charge in [0.05, 0.1) is 12.2 Å². The third kappa shape index (κ3) is 5.16. The Morgan fingerprint density at radius 2 is 1.76 bits per heavy atom. The number of piperazine rings is 1. The van der Waals surface area contributed by atoms with Crippen molar-refractivity contribution >= 4 is 23.3 Å². The first-order valence-electron chi connectivity index (χ1n) is 9.62. The Labute approximate surface area is 173 Å². The molecule has 1 aliphatic heterocycles. The van der Waals surface area contributed by atoms with Gasteiger partial charge in [-0.2, -0.15) is 0 Å². The smallest absolute Gasteiger partial charge is 0.246 e. The highest BCUT2D eigenvalue weighted by Gasteiger charge is 2.20. The van der Waals surface area contributed by atoms with Crippen molar-refractivity contribution in [1.82, 2.24) is 14.8 Å². The van der Waals surface area contributed by atoms with E-state index in [2.05, 4.69) is 9.88 Å². The maximum Gasteiger partial charge on any atom is 0.246 e. The molecule has 1 amide bonds. The number of halogens is 1. The number of thiazole rings is 1. The Bertz CT molecular complexity index is 977. The summed E-state index contributed by atoms with van der Waals surface area (Å²) in [6, 6.07) is 16.3. The van der Waals surface area contributed by atoms with E-state index >= 15 is 0 Å². The lowest BCUT2D eigenvalue weighted by Crippen LogP contribution is -2.47. The van der Waals surface area contributed by atoms with Crippen molar-refractivity contribution in [3.8, 4) is 11.3 Å². The summed E-state index contributed by atoms with van der Waals surface area (Å²) >= 11 is 1.62. The van der Waals surface area contributed by atoms with E-state index in [-0.39, 0.29) is 11.7 Å². The minimum Gasteiger partial charge on any atom is -0.337 e. The number of carbonyl (C=O) groups is 1. The number of carbonyl (C=O) groups excluding carboxylic acids is 1. The lowest BCUT2D eigenvalue weighted by molar-refractivity contribution is -0.127. The van der Waals surface area contributed by atoms with Crippen LogP contribution in [0.5, 0.6) is 0 Å². The first kappa shape index (κ1) is 19.5. The summed E-state index contributed by atoms with van der Waals surface area (Å²) in [5.74, 6) is -0.184. The first-order valence-corrected chi connectivity index (χ1v) is 10.5. The van der Waals surface area contributed by atoms with Gasteiger partial charge >= 0.3 is 0 Å². The SMILES string of the molecule is O=C(C=Cc1ccccc1)N1CCN(Cc2nc(-c3ccc(F)cc3)cs2)CC1. The van der Waals surface area contributed by atoms with Crippen molar-refractivity contribution in [2.24, 2.45) is 0 Å². The van der Waals surface area contributed by atoms with Crippen LogP contribution in [0.1, 0.15) is 10.6 Å². The molecule has 0 spiro atoms. The van der Waals surface area contributed by atoms with Gasteiger partial charge in [-0.3, -0.25) is 9.69 Å². The van der Waals surface area contributed by atoms with Crippen LogP contribution in [0, 0.1) is 5.82 Å². The van der Waals surface area contributed by atoms with Crippen molar-refractivity contribution in [3.63, 3.8) is 0 Å². The highest BCUT2D eigenvalue weighted by molar-refractivity contribution is 7.09. The molecule has 1 aliphatic rings. The molecule has 0 atom stereocenters. The zero-order valence-corrected chi connectivity index (χ0v) is 16.8. The molecule has 0 unspecified atom stereocenters. The second kappa shape index (κ2) is 9.11. The Balaban J connectivity index is 1.28. The zero-order valence-electron chi connectivity index (χ0n) is 16.0. The Hall–Kier alpha value is -2.83. The van der Waals surface area contributed by atoms with E-state index < -0.39 is 0 Å². The predicted molar refractivity (Wildman–Crippen MR) is 115 cm³/mol. The predicted octanol–water partition coefficient (Wildman–Crippen LogP) is 4.31. The van der Waals surface area contributed by atoms with E-state index in [1.54, 1.807) is 29.5 Å². The molecular weight excluding hydrogens is 385 g/mol. The van der Waals surface area contributed by atoms with Crippen LogP contribution in [0.15, 0.2) is 66.1 Å².